The van der Waals surface area contributed by atoms with E-state index in [0.29, 0.717) is 16.2 Å². The highest BCUT2D eigenvalue weighted by molar-refractivity contribution is 6.35. The smallest absolute Gasteiger partial charge is 0.158 e. The van der Waals surface area contributed by atoms with Gasteiger partial charge in [0.1, 0.15) is 16.2 Å². The molecule has 0 amide bonds. The molecule has 2 rings (SSSR count). The van der Waals surface area contributed by atoms with Crippen LogP contribution >= 0.6 is 23.2 Å². The van der Waals surface area contributed by atoms with Gasteiger partial charge < -0.3 is 0 Å². The maximum Gasteiger partial charge on any atom is 0.158 e. The van der Waals surface area contributed by atoms with Crippen LogP contribution in [0.2, 0.25) is 10.3 Å². The third-order valence-electron chi connectivity index (χ3n) is 1.24. The highest BCUT2D eigenvalue weighted by Gasteiger charge is 2.04. The highest BCUT2D eigenvalue weighted by Crippen LogP contribution is 2.20. The molecular formula is C5H2Cl2N4. The predicted molar refractivity (Wildman–Crippen MR) is 41.7 cm³/mol. The van der Waals surface area contributed by atoms with Crippen molar-refractivity contribution >= 4 is 34.2 Å². The number of aromatic amines is 1. The first-order valence-electron chi connectivity index (χ1n) is 2.80. The fourth-order valence-electron chi connectivity index (χ4n) is 0.784. The van der Waals surface area contributed by atoms with Gasteiger partial charge in [-0.2, -0.15) is 0 Å². The Kier molecular flexibility index (Phi) is 1.44. The molecule has 0 fully saturated rings. The normalized spacial score (nSPS) is 10.7. The van der Waals surface area contributed by atoms with Gasteiger partial charge in [-0.3, -0.25) is 5.10 Å². The molecule has 1 N–H and O–H groups in total. The van der Waals surface area contributed by atoms with Crippen LogP contribution in [-0.4, -0.2) is 20.4 Å². The summed E-state index contributed by atoms with van der Waals surface area (Å²) >= 11 is 11.3. The first-order valence-corrected chi connectivity index (χ1v) is 3.56. The SMILES string of the molecule is Clc1cc2nn[nH]c2c(Cl)n1. The molecule has 0 aromatic carbocycles. The van der Waals surface area contributed by atoms with Crippen LogP contribution in [0.5, 0.6) is 0 Å². The largest absolute Gasteiger partial charge is 0.254 e. The third-order valence-corrected chi connectivity index (χ3v) is 1.71. The number of rotatable bonds is 0. The molecule has 0 aliphatic heterocycles. The molecule has 0 aliphatic rings. The molecule has 0 saturated carbocycles. The second-order valence-corrected chi connectivity index (χ2v) is 2.69. The molecule has 2 heterocycles. The number of fused-ring (bicyclic) bond motifs is 1. The molecule has 0 bridgehead atoms. The molecule has 0 spiro atoms. The average molecular weight is 189 g/mol. The summed E-state index contributed by atoms with van der Waals surface area (Å²) in [5.41, 5.74) is 1.23. The van der Waals surface area contributed by atoms with E-state index in [4.69, 9.17) is 23.2 Å². The second-order valence-electron chi connectivity index (χ2n) is 1.94. The summed E-state index contributed by atoms with van der Waals surface area (Å²) in [5, 5.41) is 10.5. The minimum atomic E-state index is 0.289. The quantitative estimate of drug-likeness (QED) is 0.641. The predicted octanol–water partition coefficient (Wildman–Crippen LogP) is 1.66. The van der Waals surface area contributed by atoms with Crippen LogP contribution < -0.4 is 0 Å². The van der Waals surface area contributed by atoms with Crippen molar-refractivity contribution < 1.29 is 0 Å². The van der Waals surface area contributed by atoms with E-state index >= 15 is 0 Å². The Labute approximate surface area is 71.5 Å². The molecule has 0 saturated heterocycles. The van der Waals surface area contributed by atoms with Gasteiger partial charge in [-0.05, 0) is 0 Å². The van der Waals surface area contributed by atoms with Gasteiger partial charge in [0.15, 0.2) is 5.15 Å². The lowest BCUT2D eigenvalue weighted by atomic mass is 10.4. The minimum absolute atomic E-state index is 0.289. The van der Waals surface area contributed by atoms with Crippen molar-refractivity contribution in [2.24, 2.45) is 0 Å². The zero-order chi connectivity index (χ0) is 7.84. The lowest BCUT2D eigenvalue weighted by molar-refractivity contribution is 0.959. The van der Waals surface area contributed by atoms with E-state index in [2.05, 4.69) is 20.4 Å². The van der Waals surface area contributed by atoms with E-state index in [1.54, 1.807) is 6.07 Å². The van der Waals surface area contributed by atoms with E-state index in [1.807, 2.05) is 0 Å². The fraction of sp³-hybridized carbons (Fsp3) is 0. The molecule has 0 atom stereocenters. The van der Waals surface area contributed by atoms with Crippen molar-refractivity contribution in [3.05, 3.63) is 16.4 Å². The van der Waals surface area contributed by atoms with Gasteiger partial charge in [0, 0.05) is 6.07 Å². The summed E-state index contributed by atoms with van der Waals surface area (Å²) in [4.78, 5) is 3.79. The van der Waals surface area contributed by atoms with Crippen molar-refractivity contribution in [1.82, 2.24) is 20.4 Å². The molecule has 11 heavy (non-hydrogen) atoms. The molecule has 56 valence electrons. The van der Waals surface area contributed by atoms with Gasteiger partial charge in [-0.25, -0.2) is 4.98 Å². The Balaban J connectivity index is 2.91. The summed E-state index contributed by atoms with van der Waals surface area (Å²) in [7, 11) is 0. The van der Waals surface area contributed by atoms with Crippen LogP contribution in [0.4, 0.5) is 0 Å². The molecule has 0 radical (unpaired) electrons. The number of hydrogen-bond acceptors (Lipinski definition) is 3. The summed E-state index contributed by atoms with van der Waals surface area (Å²) in [6.07, 6.45) is 0. The number of halogens is 2. The monoisotopic (exact) mass is 188 g/mol. The van der Waals surface area contributed by atoms with Crippen LogP contribution in [0.1, 0.15) is 0 Å². The summed E-state index contributed by atoms with van der Waals surface area (Å²) in [6, 6.07) is 1.59. The van der Waals surface area contributed by atoms with Crippen LogP contribution in [0.15, 0.2) is 6.07 Å². The maximum absolute atomic E-state index is 5.70. The van der Waals surface area contributed by atoms with Crippen molar-refractivity contribution in [1.29, 1.82) is 0 Å². The standard InChI is InChI=1S/C5H2Cl2N4/c6-3-1-2-4(5(7)8-3)10-11-9-2/h1H,(H,9,10,11). The van der Waals surface area contributed by atoms with Crippen molar-refractivity contribution in [3.8, 4) is 0 Å². The zero-order valence-electron chi connectivity index (χ0n) is 5.17. The number of H-pyrrole nitrogens is 1. The number of aromatic nitrogens is 4. The average Bonchev–Trinajstić information content (AvgIpc) is 2.34. The van der Waals surface area contributed by atoms with Gasteiger partial charge in [0.25, 0.3) is 0 Å². The van der Waals surface area contributed by atoms with Gasteiger partial charge >= 0.3 is 0 Å². The van der Waals surface area contributed by atoms with Gasteiger partial charge in [0.05, 0.1) is 0 Å². The Morgan fingerprint density at radius 2 is 2.18 bits per heavy atom. The Hall–Kier alpha value is -0.870. The molecule has 2 aromatic rings. The maximum atomic E-state index is 5.70. The number of pyridine rings is 1. The van der Waals surface area contributed by atoms with E-state index in [-0.39, 0.29) is 5.15 Å². The molecular weight excluding hydrogens is 187 g/mol. The Morgan fingerprint density at radius 3 is 3.00 bits per heavy atom. The summed E-state index contributed by atoms with van der Waals surface area (Å²) in [5.74, 6) is 0. The van der Waals surface area contributed by atoms with E-state index in [0.717, 1.165) is 0 Å². The van der Waals surface area contributed by atoms with Gasteiger partial charge in [-0.1, -0.05) is 28.4 Å². The molecule has 2 aromatic heterocycles. The summed E-state index contributed by atoms with van der Waals surface area (Å²) in [6.45, 7) is 0. The third kappa shape index (κ3) is 1.04. The van der Waals surface area contributed by atoms with Crippen LogP contribution in [0.3, 0.4) is 0 Å². The van der Waals surface area contributed by atoms with Crippen molar-refractivity contribution in [2.75, 3.05) is 0 Å². The molecule has 4 nitrogen and oxygen atoms in total. The van der Waals surface area contributed by atoms with Gasteiger partial charge in [-0.15, -0.1) is 5.10 Å². The lowest BCUT2D eigenvalue weighted by Gasteiger charge is -1.90. The molecule has 6 heteroatoms. The van der Waals surface area contributed by atoms with E-state index in [1.165, 1.54) is 0 Å². The van der Waals surface area contributed by atoms with E-state index < -0.39 is 0 Å². The van der Waals surface area contributed by atoms with E-state index in [9.17, 15) is 0 Å². The van der Waals surface area contributed by atoms with Crippen molar-refractivity contribution in [2.45, 2.75) is 0 Å². The minimum Gasteiger partial charge on any atom is -0.254 e. The summed E-state index contributed by atoms with van der Waals surface area (Å²) < 4.78 is 0. The first kappa shape index (κ1) is 6.82. The van der Waals surface area contributed by atoms with Gasteiger partial charge in [0.2, 0.25) is 0 Å². The number of nitrogens with one attached hydrogen (secondary N) is 1. The number of nitrogens with zero attached hydrogens (tertiary/aromatic N) is 3. The lowest BCUT2D eigenvalue weighted by Crippen LogP contribution is -1.78. The van der Waals surface area contributed by atoms with Crippen LogP contribution in [-0.2, 0) is 0 Å². The zero-order valence-corrected chi connectivity index (χ0v) is 6.69. The van der Waals surface area contributed by atoms with Crippen molar-refractivity contribution in [3.63, 3.8) is 0 Å². The Bertz CT molecular complexity index is 396. The highest BCUT2D eigenvalue weighted by atomic mass is 35.5. The van der Waals surface area contributed by atoms with Crippen LogP contribution in [0.25, 0.3) is 11.0 Å². The number of hydrogen-bond donors (Lipinski definition) is 1. The second kappa shape index (κ2) is 2.32. The molecule has 0 unspecified atom stereocenters. The van der Waals surface area contributed by atoms with Crippen LogP contribution in [0, 0.1) is 0 Å². The molecule has 0 aliphatic carbocycles. The fourth-order valence-corrected chi connectivity index (χ4v) is 1.25. The first-order chi connectivity index (χ1) is 5.27. The Morgan fingerprint density at radius 1 is 1.36 bits per heavy atom. The topological polar surface area (TPSA) is 54.5 Å².